The normalized spacial score (nSPS) is 10.8. The number of pyridine rings is 1. The van der Waals surface area contributed by atoms with Crippen LogP contribution in [0.5, 0.6) is 0 Å². The van der Waals surface area contributed by atoms with Crippen molar-refractivity contribution in [2.75, 3.05) is 18.9 Å². The summed E-state index contributed by atoms with van der Waals surface area (Å²) in [5.74, 6) is -0.148. The lowest BCUT2D eigenvalue weighted by Gasteiger charge is -2.17. The predicted molar refractivity (Wildman–Crippen MR) is 88.3 cm³/mol. The van der Waals surface area contributed by atoms with E-state index < -0.39 is 0 Å². The topological polar surface area (TPSA) is 45.2 Å². The van der Waals surface area contributed by atoms with Gasteiger partial charge in [-0.15, -0.1) is 0 Å². The molecule has 4 nitrogen and oxygen atoms in total. The minimum Gasteiger partial charge on any atom is -0.310 e. The Bertz CT molecular complexity index is 646. The van der Waals surface area contributed by atoms with Crippen LogP contribution in [0, 0.1) is 5.82 Å². The lowest BCUT2D eigenvalue weighted by Crippen LogP contribution is -2.30. The molecular weight excluding hydrogens is 373 g/mol. The van der Waals surface area contributed by atoms with E-state index in [0.717, 1.165) is 4.47 Å². The van der Waals surface area contributed by atoms with E-state index in [1.165, 1.54) is 6.07 Å². The molecule has 2 rings (SSSR count). The van der Waals surface area contributed by atoms with E-state index in [0.29, 0.717) is 16.4 Å². The van der Waals surface area contributed by atoms with Crippen molar-refractivity contribution in [2.45, 2.75) is 6.54 Å². The summed E-state index contributed by atoms with van der Waals surface area (Å²) in [4.78, 5) is 17.7. The molecule has 0 aliphatic carbocycles. The summed E-state index contributed by atoms with van der Waals surface area (Å²) in [5, 5.41) is 3.02. The maximum atomic E-state index is 13.7. The van der Waals surface area contributed by atoms with Gasteiger partial charge < -0.3 is 5.32 Å². The Hall–Kier alpha value is -1.50. The Kier molecular flexibility index (Phi) is 5.88. The van der Waals surface area contributed by atoms with E-state index in [1.807, 2.05) is 0 Å². The predicted octanol–water partition coefficient (Wildman–Crippen LogP) is 3.71. The summed E-state index contributed by atoms with van der Waals surface area (Å²) >= 11 is 9.24. The van der Waals surface area contributed by atoms with Gasteiger partial charge in [-0.2, -0.15) is 0 Å². The molecule has 0 atom stereocenters. The van der Waals surface area contributed by atoms with Crippen LogP contribution in [0.25, 0.3) is 0 Å². The lowest BCUT2D eigenvalue weighted by molar-refractivity contribution is -0.117. The van der Waals surface area contributed by atoms with Crippen molar-refractivity contribution in [3.8, 4) is 0 Å². The number of hydrogen-bond acceptors (Lipinski definition) is 3. The van der Waals surface area contributed by atoms with E-state index in [4.69, 9.17) is 11.6 Å². The Labute approximate surface area is 141 Å². The van der Waals surface area contributed by atoms with Gasteiger partial charge in [0.2, 0.25) is 5.91 Å². The molecular formula is C15H14BrClFN3O. The molecule has 7 heteroatoms. The van der Waals surface area contributed by atoms with Gasteiger partial charge in [-0.25, -0.2) is 9.37 Å². The number of aromatic nitrogens is 1. The average molecular weight is 387 g/mol. The van der Waals surface area contributed by atoms with Crippen molar-refractivity contribution in [1.29, 1.82) is 0 Å². The first-order valence-electron chi connectivity index (χ1n) is 6.48. The molecule has 0 spiro atoms. The van der Waals surface area contributed by atoms with Crippen molar-refractivity contribution in [1.82, 2.24) is 9.88 Å². The van der Waals surface area contributed by atoms with Gasteiger partial charge in [0.05, 0.1) is 6.54 Å². The zero-order valence-electron chi connectivity index (χ0n) is 11.8. The van der Waals surface area contributed by atoms with Crippen LogP contribution in [0.4, 0.5) is 10.2 Å². The van der Waals surface area contributed by atoms with Crippen LogP contribution >= 0.6 is 27.5 Å². The highest BCUT2D eigenvalue weighted by molar-refractivity contribution is 9.10. The minimum absolute atomic E-state index is 0.0996. The fourth-order valence-corrected chi connectivity index (χ4v) is 2.34. The fraction of sp³-hybridized carbons (Fsp3) is 0.200. The van der Waals surface area contributed by atoms with Crippen LogP contribution in [-0.2, 0) is 11.3 Å². The zero-order valence-corrected chi connectivity index (χ0v) is 14.2. The second-order valence-electron chi connectivity index (χ2n) is 4.78. The van der Waals surface area contributed by atoms with Gasteiger partial charge in [0.25, 0.3) is 0 Å². The number of carbonyl (C=O) groups excluding carboxylic acids is 1. The molecule has 2 aromatic rings. The fourth-order valence-electron chi connectivity index (χ4n) is 1.89. The highest BCUT2D eigenvalue weighted by Gasteiger charge is 2.12. The minimum atomic E-state index is -0.380. The zero-order chi connectivity index (χ0) is 16.1. The summed E-state index contributed by atoms with van der Waals surface area (Å²) in [5.41, 5.74) is 0.376. The molecule has 116 valence electrons. The van der Waals surface area contributed by atoms with Gasteiger partial charge in [-0.3, -0.25) is 9.69 Å². The Morgan fingerprint density at radius 3 is 2.82 bits per heavy atom. The number of nitrogens with one attached hydrogen (secondary N) is 1. The molecule has 0 radical (unpaired) electrons. The maximum absolute atomic E-state index is 13.7. The highest BCUT2D eigenvalue weighted by Crippen LogP contribution is 2.20. The first-order valence-corrected chi connectivity index (χ1v) is 7.65. The van der Waals surface area contributed by atoms with Gasteiger partial charge in [-0.1, -0.05) is 17.7 Å². The molecule has 0 aliphatic rings. The summed E-state index contributed by atoms with van der Waals surface area (Å²) in [7, 11) is 1.72. The molecule has 1 heterocycles. The van der Waals surface area contributed by atoms with Crippen molar-refractivity contribution in [3.63, 3.8) is 0 Å². The van der Waals surface area contributed by atoms with Crippen LogP contribution < -0.4 is 5.32 Å². The van der Waals surface area contributed by atoms with Crippen molar-refractivity contribution in [3.05, 3.63) is 57.4 Å². The van der Waals surface area contributed by atoms with Crippen LogP contribution in [0.1, 0.15) is 5.56 Å². The first kappa shape index (κ1) is 16.9. The molecule has 1 N–H and O–H groups in total. The number of rotatable bonds is 5. The van der Waals surface area contributed by atoms with Gasteiger partial charge in [0, 0.05) is 27.8 Å². The van der Waals surface area contributed by atoms with Crippen LogP contribution in [-0.4, -0.2) is 29.4 Å². The molecule has 0 saturated carbocycles. The smallest absolute Gasteiger partial charge is 0.239 e. The Morgan fingerprint density at radius 2 is 2.18 bits per heavy atom. The third-order valence-electron chi connectivity index (χ3n) is 2.90. The lowest BCUT2D eigenvalue weighted by atomic mass is 10.2. The van der Waals surface area contributed by atoms with E-state index in [1.54, 1.807) is 42.4 Å². The molecule has 0 saturated heterocycles. The Morgan fingerprint density at radius 1 is 1.41 bits per heavy atom. The molecule has 1 aromatic heterocycles. The third-order valence-corrected chi connectivity index (χ3v) is 3.72. The van der Waals surface area contributed by atoms with Gasteiger partial charge in [0.15, 0.2) is 0 Å². The molecule has 1 amide bonds. The van der Waals surface area contributed by atoms with Crippen LogP contribution in [0.2, 0.25) is 5.02 Å². The van der Waals surface area contributed by atoms with Crippen molar-refractivity contribution >= 4 is 39.3 Å². The number of benzene rings is 1. The SMILES string of the molecule is CN(CC(=O)Nc1ccc(Br)cn1)Cc1c(F)cccc1Cl. The summed E-state index contributed by atoms with van der Waals surface area (Å²) < 4.78 is 14.5. The van der Waals surface area contributed by atoms with Crippen LogP contribution in [0.15, 0.2) is 41.0 Å². The summed E-state index contributed by atoms with van der Waals surface area (Å²) in [6.45, 7) is 0.342. The number of hydrogen-bond donors (Lipinski definition) is 1. The van der Waals surface area contributed by atoms with E-state index >= 15 is 0 Å². The van der Waals surface area contributed by atoms with Gasteiger partial charge >= 0.3 is 0 Å². The molecule has 0 unspecified atom stereocenters. The second-order valence-corrected chi connectivity index (χ2v) is 6.11. The standard InChI is InChI=1S/C15H14BrClFN3O/c1-21(8-11-12(17)3-2-4-13(11)18)9-15(22)20-14-6-5-10(16)7-19-14/h2-7H,8-9H2,1H3,(H,19,20,22). The number of amides is 1. The van der Waals surface area contributed by atoms with E-state index in [-0.39, 0.29) is 24.8 Å². The first-order chi connectivity index (χ1) is 10.5. The van der Waals surface area contributed by atoms with E-state index in [2.05, 4.69) is 26.2 Å². The quantitative estimate of drug-likeness (QED) is 0.852. The number of halogens is 3. The van der Waals surface area contributed by atoms with Gasteiger partial charge in [0.1, 0.15) is 11.6 Å². The number of carbonyl (C=O) groups is 1. The molecule has 0 fully saturated rings. The van der Waals surface area contributed by atoms with Crippen LogP contribution in [0.3, 0.4) is 0 Å². The molecule has 1 aromatic carbocycles. The Balaban J connectivity index is 1.92. The monoisotopic (exact) mass is 385 g/mol. The largest absolute Gasteiger partial charge is 0.310 e. The van der Waals surface area contributed by atoms with E-state index in [9.17, 15) is 9.18 Å². The maximum Gasteiger partial charge on any atom is 0.239 e. The van der Waals surface area contributed by atoms with Gasteiger partial charge in [-0.05, 0) is 47.2 Å². The molecule has 22 heavy (non-hydrogen) atoms. The number of likely N-dealkylation sites (N-methyl/N-ethyl adjacent to an activating group) is 1. The second kappa shape index (κ2) is 7.67. The van der Waals surface area contributed by atoms with Crippen molar-refractivity contribution in [2.24, 2.45) is 0 Å². The average Bonchev–Trinajstić information content (AvgIpc) is 2.45. The molecule has 0 bridgehead atoms. The van der Waals surface area contributed by atoms with Crippen molar-refractivity contribution < 1.29 is 9.18 Å². The highest BCUT2D eigenvalue weighted by atomic mass is 79.9. The number of anilines is 1. The number of nitrogens with zero attached hydrogens (tertiary/aromatic N) is 2. The third kappa shape index (κ3) is 4.76. The summed E-state index contributed by atoms with van der Waals surface area (Å²) in [6, 6.07) is 7.99. The summed E-state index contributed by atoms with van der Waals surface area (Å²) in [6.07, 6.45) is 1.60. The molecule has 0 aliphatic heterocycles.